The van der Waals surface area contributed by atoms with Gasteiger partial charge in [0, 0.05) is 0 Å². The molecule has 0 N–H and O–H groups in total. The molecular formula is C27H25NO6. The van der Waals surface area contributed by atoms with Gasteiger partial charge in [-0.05, 0) is 71.3 Å². The first kappa shape index (κ1) is 24.2. The van der Waals surface area contributed by atoms with E-state index in [4.69, 9.17) is 23.7 Å². The largest absolute Gasteiger partial charge is 0.497 e. The van der Waals surface area contributed by atoms with Gasteiger partial charge in [-0.2, -0.15) is 5.26 Å². The van der Waals surface area contributed by atoms with Crippen LogP contribution in [-0.4, -0.2) is 34.4 Å². The van der Waals surface area contributed by atoms with Crippen LogP contribution in [0.3, 0.4) is 0 Å². The second kappa shape index (κ2) is 11.4. The number of allylic oxidation sites excluding steroid dienone is 1. The number of rotatable bonds is 9. The first-order valence-corrected chi connectivity index (χ1v) is 10.4. The SMILES string of the molecule is COc1ccc(/C(C#N)=C\c2ccc(OC(=O)Cc3ccc(OC)c(OC)c3)c(OC)c2)cc1. The summed E-state index contributed by atoms with van der Waals surface area (Å²) in [6.07, 6.45) is 1.78. The van der Waals surface area contributed by atoms with Crippen LogP contribution in [0.4, 0.5) is 0 Å². The Hall–Kier alpha value is -4.44. The lowest BCUT2D eigenvalue weighted by molar-refractivity contribution is -0.133. The van der Waals surface area contributed by atoms with E-state index in [2.05, 4.69) is 6.07 Å². The maximum atomic E-state index is 12.5. The highest BCUT2D eigenvalue weighted by Gasteiger charge is 2.14. The van der Waals surface area contributed by atoms with Crippen molar-refractivity contribution in [1.82, 2.24) is 0 Å². The lowest BCUT2D eigenvalue weighted by atomic mass is 10.0. The molecule has 0 aliphatic heterocycles. The van der Waals surface area contributed by atoms with Gasteiger partial charge in [0.15, 0.2) is 23.0 Å². The Morgan fingerprint density at radius 2 is 1.44 bits per heavy atom. The van der Waals surface area contributed by atoms with Crippen LogP contribution >= 0.6 is 0 Å². The summed E-state index contributed by atoms with van der Waals surface area (Å²) in [6.45, 7) is 0. The molecule has 7 heteroatoms. The third-order valence-corrected chi connectivity index (χ3v) is 5.04. The van der Waals surface area contributed by atoms with Crippen LogP contribution in [0.15, 0.2) is 60.7 Å². The van der Waals surface area contributed by atoms with Crippen molar-refractivity contribution in [3.05, 3.63) is 77.4 Å². The standard InChI is InChI=1S/C27H25NO6/c1-30-22-9-7-20(8-10-22)21(17-28)13-18-6-12-24(26(14-18)33-4)34-27(29)16-19-5-11-23(31-2)25(15-19)32-3/h5-15H,16H2,1-4H3/b21-13-. The van der Waals surface area contributed by atoms with Crippen molar-refractivity contribution in [3.63, 3.8) is 0 Å². The van der Waals surface area contributed by atoms with Gasteiger partial charge in [-0.25, -0.2) is 0 Å². The number of carbonyl (C=O) groups excluding carboxylic acids is 1. The minimum Gasteiger partial charge on any atom is -0.497 e. The zero-order valence-corrected chi connectivity index (χ0v) is 19.5. The topological polar surface area (TPSA) is 87.0 Å². The van der Waals surface area contributed by atoms with Gasteiger partial charge in [-0.15, -0.1) is 0 Å². The molecule has 0 bridgehead atoms. The maximum absolute atomic E-state index is 12.5. The Kier molecular flexibility index (Phi) is 8.14. The highest BCUT2D eigenvalue weighted by atomic mass is 16.6. The van der Waals surface area contributed by atoms with E-state index in [9.17, 15) is 10.1 Å². The number of nitriles is 1. The number of hydrogen-bond acceptors (Lipinski definition) is 7. The molecule has 0 fully saturated rings. The van der Waals surface area contributed by atoms with Crippen LogP contribution in [0.1, 0.15) is 16.7 Å². The van der Waals surface area contributed by atoms with E-state index in [0.29, 0.717) is 28.6 Å². The summed E-state index contributed by atoms with van der Waals surface area (Å²) >= 11 is 0. The minimum atomic E-state index is -0.454. The lowest BCUT2D eigenvalue weighted by Gasteiger charge is -2.12. The van der Waals surface area contributed by atoms with E-state index in [0.717, 1.165) is 16.7 Å². The summed E-state index contributed by atoms with van der Waals surface area (Å²) in [6, 6.07) is 19.8. The van der Waals surface area contributed by atoms with Gasteiger partial charge in [0.1, 0.15) is 5.75 Å². The van der Waals surface area contributed by atoms with Crippen molar-refractivity contribution in [2.24, 2.45) is 0 Å². The molecule has 0 heterocycles. The molecule has 3 aromatic carbocycles. The fraction of sp³-hybridized carbons (Fsp3) is 0.185. The maximum Gasteiger partial charge on any atom is 0.315 e. The molecule has 174 valence electrons. The number of methoxy groups -OCH3 is 4. The van der Waals surface area contributed by atoms with Gasteiger partial charge in [-0.1, -0.05) is 12.1 Å². The van der Waals surface area contributed by atoms with E-state index in [1.54, 1.807) is 68.8 Å². The van der Waals surface area contributed by atoms with Crippen molar-refractivity contribution >= 4 is 17.6 Å². The summed E-state index contributed by atoms with van der Waals surface area (Å²) < 4.78 is 26.6. The molecular weight excluding hydrogens is 434 g/mol. The molecule has 0 saturated heterocycles. The first-order valence-electron chi connectivity index (χ1n) is 10.4. The summed E-state index contributed by atoms with van der Waals surface area (Å²) in [5.74, 6) is 2.03. The van der Waals surface area contributed by atoms with E-state index in [1.165, 1.54) is 14.2 Å². The van der Waals surface area contributed by atoms with Crippen LogP contribution < -0.4 is 23.7 Å². The number of ether oxygens (including phenoxy) is 5. The van der Waals surface area contributed by atoms with E-state index in [-0.39, 0.29) is 12.2 Å². The molecule has 7 nitrogen and oxygen atoms in total. The van der Waals surface area contributed by atoms with Crippen LogP contribution in [0.25, 0.3) is 11.6 Å². The molecule has 0 aliphatic rings. The Morgan fingerprint density at radius 3 is 2.06 bits per heavy atom. The molecule has 34 heavy (non-hydrogen) atoms. The lowest BCUT2D eigenvalue weighted by Crippen LogP contribution is -2.12. The zero-order chi connectivity index (χ0) is 24.5. The fourth-order valence-electron chi connectivity index (χ4n) is 3.29. The third kappa shape index (κ3) is 5.87. The normalized spacial score (nSPS) is 10.7. The summed E-state index contributed by atoms with van der Waals surface area (Å²) in [5, 5.41) is 9.61. The van der Waals surface area contributed by atoms with E-state index < -0.39 is 5.97 Å². The number of hydrogen-bond donors (Lipinski definition) is 0. The quantitative estimate of drug-likeness (QED) is 0.194. The Labute approximate surface area is 198 Å². The highest BCUT2D eigenvalue weighted by molar-refractivity contribution is 5.90. The molecule has 0 saturated carbocycles. The minimum absolute atomic E-state index is 0.0429. The van der Waals surface area contributed by atoms with Gasteiger partial charge in [0.2, 0.25) is 0 Å². The predicted molar refractivity (Wildman–Crippen MR) is 128 cm³/mol. The molecule has 3 rings (SSSR count). The second-order valence-electron chi connectivity index (χ2n) is 7.15. The average Bonchev–Trinajstić information content (AvgIpc) is 2.87. The van der Waals surface area contributed by atoms with E-state index in [1.807, 2.05) is 12.1 Å². The third-order valence-electron chi connectivity index (χ3n) is 5.04. The van der Waals surface area contributed by atoms with Gasteiger partial charge < -0.3 is 23.7 Å². The second-order valence-corrected chi connectivity index (χ2v) is 7.15. The predicted octanol–water partition coefficient (Wildman–Crippen LogP) is 4.93. The van der Waals surface area contributed by atoms with Gasteiger partial charge in [0.05, 0.1) is 46.5 Å². The average molecular weight is 459 g/mol. The number of carbonyl (C=O) groups is 1. The molecule has 0 spiro atoms. The molecule has 0 atom stereocenters. The first-order chi connectivity index (χ1) is 16.5. The fourth-order valence-corrected chi connectivity index (χ4v) is 3.29. The molecule has 0 aromatic heterocycles. The number of nitrogens with zero attached hydrogens (tertiary/aromatic N) is 1. The van der Waals surface area contributed by atoms with Gasteiger partial charge >= 0.3 is 5.97 Å². The molecule has 3 aromatic rings. The Balaban J connectivity index is 1.77. The Morgan fingerprint density at radius 1 is 0.794 bits per heavy atom. The zero-order valence-electron chi connectivity index (χ0n) is 19.5. The van der Waals surface area contributed by atoms with Crippen molar-refractivity contribution in [3.8, 4) is 34.8 Å². The smallest absolute Gasteiger partial charge is 0.315 e. The van der Waals surface area contributed by atoms with Crippen LogP contribution in [0, 0.1) is 11.3 Å². The van der Waals surface area contributed by atoms with Crippen molar-refractivity contribution in [1.29, 1.82) is 5.26 Å². The number of benzene rings is 3. The van der Waals surface area contributed by atoms with Crippen molar-refractivity contribution in [2.75, 3.05) is 28.4 Å². The summed E-state index contributed by atoms with van der Waals surface area (Å²) in [4.78, 5) is 12.5. The molecule has 0 amide bonds. The molecule has 0 aliphatic carbocycles. The summed E-state index contributed by atoms with van der Waals surface area (Å²) in [7, 11) is 6.16. The number of esters is 1. The van der Waals surface area contributed by atoms with Crippen LogP contribution in [0.2, 0.25) is 0 Å². The summed E-state index contributed by atoms with van der Waals surface area (Å²) in [5.41, 5.74) is 2.68. The van der Waals surface area contributed by atoms with Crippen molar-refractivity contribution in [2.45, 2.75) is 6.42 Å². The molecule has 0 unspecified atom stereocenters. The highest BCUT2D eigenvalue weighted by Crippen LogP contribution is 2.31. The van der Waals surface area contributed by atoms with E-state index >= 15 is 0 Å². The van der Waals surface area contributed by atoms with Crippen LogP contribution in [0.5, 0.6) is 28.7 Å². The van der Waals surface area contributed by atoms with Crippen molar-refractivity contribution < 1.29 is 28.5 Å². The van der Waals surface area contributed by atoms with Crippen LogP contribution in [-0.2, 0) is 11.2 Å². The monoisotopic (exact) mass is 459 g/mol. The van der Waals surface area contributed by atoms with Gasteiger partial charge in [0.25, 0.3) is 0 Å². The van der Waals surface area contributed by atoms with Gasteiger partial charge in [-0.3, -0.25) is 4.79 Å². The molecule has 0 radical (unpaired) electrons. The Bertz CT molecular complexity index is 1220.